The molecule has 2 aromatic rings. The number of hydrogen-bond donors (Lipinski definition) is 1. The lowest BCUT2D eigenvalue weighted by Gasteiger charge is -2.13. The lowest BCUT2D eigenvalue weighted by Crippen LogP contribution is -2.16. The van der Waals surface area contributed by atoms with Crippen molar-refractivity contribution in [2.45, 2.75) is 46.2 Å². The van der Waals surface area contributed by atoms with Gasteiger partial charge in [-0.25, -0.2) is 0 Å². The van der Waals surface area contributed by atoms with E-state index in [1.165, 1.54) is 0 Å². The first-order chi connectivity index (χ1) is 9.10. The molecule has 2 aromatic heterocycles. The average molecular weight is 262 g/mol. The third-order valence-electron chi connectivity index (χ3n) is 3.17. The van der Waals surface area contributed by atoms with Crippen LogP contribution in [0, 0.1) is 5.92 Å². The van der Waals surface area contributed by atoms with E-state index in [1.807, 2.05) is 10.8 Å². The Balaban J connectivity index is 2.02. The molecule has 2 rings (SSSR count). The van der Waals surface area contributed by atoms with Crippen molar-refractivity contribution in [3.8, 4) is 0 Å². The van der Waals surface area contributed by atoms with Gasteiger partial charge in [0.25, 0.3) is 0 Å². The van der Waals surface area contributed by atoms with Gasteiger partial charge in [-0.3, -0.25) is 0 Å². The Morgan fingerprint density at radius 2 is 2.21 bits per heavy atom. The van der Waals surface area contributed by atoms with E-state index in [0.717, 1.165) is 18.4 Å². The molecule has 0 bridgehead atoms. The fourth-order valence-electron chi connectivity index (χ4n) is 1.97. The standard InChI is InChI=1S/C14H22N4O/c1-4-5-13-16-12(17-19-13)9-18-7-6-11(8-18)14(15)10(2)3/h6-8,10,14H,4-5,9,15H2,1-3H3. The van der Waals surface area contributed by atoms with Crippen LogP contribution in [-0.4, -0.2) is 14.7 Å². The molecule has 1 atom stereocenters. The molecule has 0 saturated heterocycles. The Hall–Kier alpha value is -1.62. The van der Waals surface area contributed by atoms with Gasteiger partial charge in [0, 0.05) is 24.9 Å². The smallest absolute Gasteiger partial charge is 0.226 e. The van der Waals surface area contributed by atoms with Gasteiger partial charge in [-0.1, -0.05) is 25.9 Å². The molecule has 0 radical (unpaired) electrons. The second-order valence-electron chi connectivity index (χ2n) is 5.24. The first-order valence-corrected chi connectivity index (χ1v) is 6.83. The quantitative estimate of drug-likeness (QED) is 0.868. The number of aromatic nitrogens is 3. The number of hydrogen-bond acceptors (Lipinski definition) is 4. The van der Waals surface area contributed by atoms with Crippen molar-refractivity contribution in [3.63, 3.8) is 0 Å². The molecule has 2 heterocycles. The van der Waals surface area contributed by atoms with Crippen LogP contribution in [0.2, 0.25) is 0 Å². The van der Waals surface area contributed by atoms with E-state index < -0.39 is 0 Å². The van der Waals surface area contributed by atoms with Gasteiger partial charge in [0.05, 0.1) is 6.54 Å². The van der Waals surface area contributed by atoms with Crippen molar-refractivity contribution < 1.29 is 4.52 Å². The van der Waals surface area contributed by atoms with Gasteiger partial charge in [-0.05, 0) is 24.0 Å². The maximum atomic E-state index is 6.13. The average Bonchev–Trinajstić information content (AvgIpc) is 2.99. The number of aryl methyl sites for hydroxylation is 1. The summed E-state index contributed by atoms with van der Waals surface area (Å²) in [6.07, 6.45) is 5.91. The normalized spacial score (nSPS) is 13.1. The van der Waals surface area contributed by atoms with Crippen LogP contribution in [0.15, 0.2) is 23.0 Å². The molecule has 0 fully saturated rings. The maximum Gasteiger partial charge on any atom is 0.226 e. The lowest BCUT2D eigenvalue weighted by molar-refractivity contribution is 0.371. The molecule has 19 heavy (non-hydrogen) atoms. The molecular weight excluding hydrogens is 240 g/mol. The highest BCUT2D eigenvalue weighted by Crippen LogP contribution is 2.19. The highest BCUT2D eigenvalue weighted by molar-refractivity contribution is 5.16. The predicted molar refractivity (Wildman–Crippen MR) is 73.6 cm³/mol. The molecule has 104 valence electrons. The van der Waals surface area contributed by atoms with Crippen LogP contribution < -0.4 is 5.73 Å². The number of rotatable bonds is 6. The van der Waals surface area contributed by atoms with Gasteiger partial charge in [0.15, 0.2) is 5.82 Å². The second-order valence-corrected chi connectivity index (χ2v) is 5.24. The zero-order valence-corrected chi connectivity index (χ0v) is 11.8. The molecule has 2 N–H and O–H groups in total. The van der Waals surface area contributed by atoms with Gasteiger partial charge in [0.1, 0.15) is 0 Å². The lowest BCUT2D eigenvalue weighted by atomic mass is 10.00. The largest absolute Gasteiger partial charge is 0.346 e. The van der Waals surface area contributed by atoms with Crippen molar-refractivity contribution >= 4 is 0 Å². The van der Waals surface area contributed by atoms with E-state index >= 15 is 0 Å². The van der Waals surface area contributed by atoms with Crippen LogP contribution in [0.25, 0.3) is 0 Å². The van der Waals surface area contributed by atoms with E-state index in [0.29, 0.717) is 24.2 Å². The monoisotopic (exact) mass is 262 g/mol. The minimum absolute atomic E-state index is 0.0715. The number of nitrogens with two attached hydrogens (primary N) is 1. The van der Waals surface area contributed by atoms with Gasteiger partial charge < -0.3 is 14.8 Å². The summed E-state index contributed by atoms with van der Waals surface area (Å²) >= 11 is 0. The molecule has 5 heteroatoms. The van der Waals surface area contributed by atoms with Gasteiger partial charge >= 0.3 is 0 Å². The summed E-state index contributed by atoms with van der Waals surface area (Å²) in [6, 6.07) is 2.12. The zero-order valence-electron chi connectivity index (χ0n) is 11.8. The molecule has 0 amide bonds. The van der Waals surface area contributed by atoms with Crippen molar-refractivity contribution in [3.05, 3.63) is 35.7 Å². The highest BCUT2D eigenvalue weighted by atomic mass is 16.5. The Morgan fingerprint density at radius 1 is 1.42 bits per heavy atom. The molecule has 0 spiro atoms. The minimum atomic E-state index is 0.0715. The van der Waals surface area contributed by atoms with E-state index in [4.69, 9.17) is 10.3 Å². The van der Waals surface area contributed by atoms with Crippen molar-refractivity contribution in [2.24, 2.45) is 11.7 Å². The second kappa shape index (κ2) is 6.02. The van der Waals surface area contributed by atoms with Crippen molar-refractivity contribution in [2.75, 3.05) is 0 Å². The van der Waals surface area contributed by atoms with Crippen LogP contribution in [-0.2, 0) is 13.0 Å². The van der Waals surface area contributed by atoms with Crippen LogP contribution in [0.4, 0.5) is 0 Å². The van der Waals surface area contributed by atoms with Crippen molar-refractivity contribution in [1.29, 1.82) is 0 Å². The Labute approximate surface area is 113 Å². The molecule has 0 aromatic carbocycles. The summed E-state index contributed by atoms with van der Waals surface area (Å²) in [7, 11) is 0. The van der Waals surface area contributed by atoms with Gasteiger partial charge in [-0.2, -0.15) is 4.98 Å². The van der Waals surface area contributed by atoms with E-state index in [1.54, 1.807) is 0 Å². The first kappa shape index (κ1) is 13.8. The zero-order chi connectivity index (χ0) is 13.8. The fraction of sp³-hybridized carbons (Fsp3) is 0.571. The van der Waals surface area contributed by atoms with Crippen LogP contribution >= 0.6 is 0 Å². The summed E-state index contributed by atoms with van der Waals surface area (Å²) < 4.78 is 7.21. The molecular formula is C14H22N4O. The fourth-order valence-corrected chi connectivity index (χ4v) is 1.97. The minimum Gasteiger partial charge on any atom is -0.346 e. The predicted octanol–water partition coefficient (Wildman–Crippen LogP) is 2.53. The maximum absolute atomic E-state index is 6.13. The summed E-state index contributed by atoms with van der Waals surface area (Å²) in [5.74, 6) is 1.85. The SMILES string of the molecule is CCCc1nc(Cn2ccc(C(N)C(C)C)c2)no1. The third-order valence-corrected chi connectivity index (χ3v) is 3.17. The Morgan fingerprint density at radius 3 is 2.89 bits per heavy atom. The van der Waals surface area contributed by atoms with Crippen LogP contribution in [0.3, 0.4) is 0 Å². The third kappa shape index (κ3) is 3.44. The summed E-state index contributed by atoms with van der Waals surface area (Å²) in [5.41, 5.74) is 7.27. The molecule has 0 aliphatic rings. The molecule has 0 aliphatic heterocycles. The summed E-state index contributed by atoms with van der Waals surface area (Å²) in [6.45, 7) is 6.96. The first-order valence-electron chi connectivity index (χ1n) is 6.83. The molecule has 0 saturated carbocycles. The topological polar surface area (TPSA) is 69.9 Å². The molecule has 5 nitrogen and oxygen atoms in total. The van der Waals surface area contributed by atoms with Crippen LogP contribution in [0.5, 0.6) is 0 Å². The van der Waals surface area contributed by atoms with E-state index in [2.05, 4.69) is 43.2 Å². The molecule has 1 unspecified atom stereocenters. The Bertz CT molecular complexity index is 515. The Kier molecular flexibility index (Phi) is 4.37. The van der Waals surface area contributed by atoms with Gasteiger partial charge in [0.2, 0.25) is 5.89 Å². The van der Waals surface area contributed by atoms with E-state index in [-0.39, 0.29) is 6.04 Å². The van der Waals surface area contributed by atoms with E-state index in [9.17, 15) is 0 Å². The summed E-state index contributed by atoms with van der Waals surface area (Å²) in [5, 5.41) is 3.98. The van der Waals surface area contributed by atoms with Crippen LogP contribution in [0.1, 0.15) is 50.5 Å². The highest BCUT2D eigenvalue weighted by Gasteiger charge is 2.12. The van der Waals surface area contributed by atoms with Gasteiger partial charge in [-0.15, -0.1) is 0 Å². The molecule has 0 aliphatic carbocycles. The summed E-state index contributed by atoms with van der Waals surface area (Å²) in [4.78, 5) is 4.35. The number of nitrogens with zero attached hydrogens (tertiary/aromatic N) is 3. The van der Waals surface area contributed by atoms with Crippen molar-refractivity contribution in [1.82, 2.24) is 14.7 Å².